The summed E-state index contributed by atoms with van der Waals surface area (Å²) >= 11 is 0. The smallest absolute Gasteiger partial charge is 0.309 e. The van der Waals surface area contributed by atoms with Crippen LogP contribution in [0, 0.1) is 5.92 Å². The highest BCUT2D eigenvalue weighted by Crippen LogP contribution is 2.24. The molecule has 0 N–H and O–H groups in total. The number of rotatable bonds is 5. The van der Waals surface area contributed by atoms with Crippen LogP contribution in [0.4, 0.5) is 0 Å². The molecule has 1 aromatic carbocycles. The number of hydrogen-bond acceptors (Lipinski definition) is 5. The van der Waals surface area contributed by atoms with Crippen molar-refractivity contribution < 1.29 is 22.7 Å². The zero-order chi connectivity index (χ0) is 19.3. The van der Waals surface area contributed by atoms with Crippen molar-refractivity contribution in [2.24, 2.45) is 5.92 Å². The maximum absolute atomic E-state index is 12.5. The Morgan fingerprint density at radius 1 is 1.07 bits per heavy atom. The van der Waals surface area contributed by atoms with E-state index in [4.69, 9.17) is 4.74 Å². The highest BCUT2D eigenvalue weighted by atomic mass is 32.2. The minimum absolute atomic E-state index is 0.000614. The SMILES string of the molecule is O=C(O[C@H]1CCCCC1=O)C1CCN(S(=O)(=O)/C=C/c2ccccc2)CC1. The molecule has 7 heteroatoms. The summed E-state index contributed by atoms with van der Waals surface area (Å²) in [6.07, 6.45) is 4.63. The number of benzene rings is 1. The first-order valence-electron chi connectivity index (χ1n) is 9.42. The van der Waals surface area contributed by atoms with Crippen molar-refractivity contribution in [3.63, 3.8) is 0 Å². The molecule has 0 aromatic heterocycles. The van der Waals surface area contributed by atoms with E-state index < -0.39 is 16.1 Å². The molecule has 1 saturated carbocycles. The number of esters is 1. The van der Waals surface area contributed by atoms with Gasteiger partial charge in [-0.1, -0.05) is 30.3 Å². The van der Waals surface area contributed by atoms with Gasteiger partial charge in [-0.05, 0) is 43.7 Å². The van der Waals surface area contributed by atoms with Crippen molar-refractivity contribution in [1.29, 1.82) is 0 Å². The van der Waals surface area contributed by atoms with Gasteiger partial charge in [-0.2, -0.15) is 4.31 Å². The molecule has 2 aliphatic rings. The molecule has 1 saturated heterocycles. The van der Waals surface area contributed by atoms with Crippen LogP contribution in [0.5, 0.6) is 0 Å². The molecule has 0 unspecified atom stereocenters. The Labute approximate surface area is 160 Å². The second-order valence-electron chi connectivity index (χ2n) is 7.07. The van der Waals surface area contributed by atoms with Crippen molar-refractivity contribution in [2.75, 3.05) is 13.1 Å². The van der Waals surface area contributed by atoms with Crippen molar-refractivity contribution in [2.45, 2.75) is 44.6 Å². The number of hydrogen-bond donors (Lipinski definition) is 0. The molecule has 146 valence electrons. The van der Waals surface area contributed by atoms with E-state index in [9.17, 15) is 18.0 Å². The molecule has 0 radical (unpaired) electrons. The summed E-state index contributed by atoms with van der Waals surface area (Å²) in [7, 11) is -3.52. The zero-order valence-electron chi connectivity index (χ0n) is 15.2. The molecule has 0 amide bonds. The minimum Gasteiger partial charge on any atom is -0.454 e. The number of piperidine rings is 1. The topological polar surface area (TPSA) is 80.8 Å². The van der Waals surface area contributed by atoms with E-state index in [1.807, 2.05) is 30.3 Å². The van der Waals surface area contributed by atoms with Crippen LogP contribution in [-0.2, 0) is 24.3 Å². The van der Waals surface area contributed by atoms with Gasteiger partial charge in [-0.3, -0.25) is 9.59 Å². The first kappa shape index (κ1) is 19.8. The third kappa shape index (κ3) is 5.26. The van der Waals surface area contributed by atoms with Crippen molar-refractivity contribution >= 4 is 27.9 Å². The molecule has 1 aromatic rings. The maximum Gasteiger partial charge on any atom is 0.309 e. The third-order valence-electron chi connectivity index (χ3n) is 5.14. The molecular formula is C20H25NO5S. The summed E-state index contributed by atoms with van der Waals surface area (Å²) in [6.45, 7) is 0.555. The summed E-state index contributed by atoms with van der Waals surface area (Å²) in [5.74, 6) is -0.711. The van der Waals surface area contributed by atoms with Crippen LogP contribution in [-0.4, -0.2) is 43.7 Å². The van der Waals surface area contributed by atoms with Crippen LogP contribution < -0.4 is 0 Å². The fourth-order valence-corrected chi connectivity index (χ4v) is 4.69. The summed E-state index contributed by atoms with van der Waals surface area (Å²) in [5.41, 5.74) is 0.816. The fraction of sp³-hybridized carbons (Fsp3) is 0.500. The lowest BCUT2D eigenvalue weighted by molar-refractivity contribution is -0.161. The molecule has 0 bridgehead atoms. The van der Waals surface area contributed by atoms with Gasteiger partial charge in [-0.25, -0.2) is 8.42 Å². The molecule has 1 heterocycles. The lowest BCUT2D eigenvalue weighted by atomic mass is 9.95. The first-order valence-corrected chi connectivity index (χ1v) is 10.9. The van der Waals surface area contributed by atoms with Gasteiger partial charge in [0.05, 0.1) is 5.92 Å². The molecule has 1 aliphatic carbocycles. The van der Waals surface area contributed by atoms with Crippen LogP contribution in [0.25, 0.3) is 6.08 Å². The standard InChI is InChI=1S/C20H25NO5S/c22-18-8-4-5-9-19(18)26-20(23)17-10-13-21(14-11-17)27(24,25)15-12-16-6-2-1-3-7-16/h1-3,6-7,12,15,17,19H,4-5,8-11,13-14H2/b15-12+/t19-/m0/s1. The Balaban J connectivity index is 1.52. The quantitative estimate of drug-likeness (QED) is 0.721. The van der Waals surface area contributed by atoms with Crippen LogP contribution >= 0.6 is 0 Å². The molecule has 2 fully saturated rings. The average molecular weight is 391 g/mol. The van der Waals surface area contributed by atoms with E-state index in [2.05, 4.69) is 0 Å². The zero-order valence-corrected chi connectivity index (χ0v) is 16.1. The summed E-state index contributed by atoms with van der Waals surface area (Å²) in [4.78, 5) is 24.1. The Morgan fingerprint density at radius 2 is 1.78 bits per heavy atom. The van der Waals surface area contributed by atoms with Gasteiger partial charge in [0.15, 0.2) is 11.9 Å². The Hall–Kier alpha value is -1.99. The van der Waals surface area contributed by atoms with Crippen LogP contribution in [0.2, 0.25) is 0 Å². The summed E-state index contributed by atoms with van der Waals surface area (Å²) in [6, 6.07) is 9.24. The average Bonchev–Trinajstić information content (AvgIpc) is 2.69. The molecule has 27 heavy (non-hydrogen) atoms. The Morgan fingerprint density at radius 3 is 2.44 bits per heavy atom. The number of nitrogens with zero attached hydrogens (tertiary/aromatic N) is 1. The van der Waals surface area contributed by atoms with E-state index in [1.165, 1.54) is 9.71 Å². The highest BCUT2D eigenvalue weighted by molar-refractivity contribution is 7.92. The number of Topliss-reactive ketones (excluding diaryl/α,β-unsaturated/α-hetero) is 1. The van der Waals surface area contributed by atoms with Crippen LogP contribution in [0.15, 0.2) is 35.7 Å². The van der Waals surface area contributed by atoms with E-state index in [0.29, 0.717) is 25.7 Å². The largest absolute Gasteiger partial charge is 0.454 e. The minimum atomic E-state index is -3.52. The number of ketones is 1. The summed E-state index contributed by atoms with van der Waals surface area (Å²) < 4.78 is 31.7. The van der Waals surface area contributed by atoms with Gasteiger partial charge < -0.3 is 4.74 Å². The van der Waals surface area contributed by atoms with E-state index in [1.54, 1.807) is 6.08 Å². The number of carbonyl (C=O) groups is 2. The predicted octanol–water partition coefficient (Wildman–Crippen LogP) is 2.75. The second kappa shape index (κ2) is 8.80. The predicted molar refractivity (Wildman–Crippen MR) is 102 cm³/mol. The van der Waals surface area contributed by atoms with Crippen LogP contribution in [0.1, 0.15) is 44.1 Å². The molecule has 1 aliphatic heterocycles. The van der Waals surface area contributed by atoms with Crippen molar-refractivity contribution in [3.05, 3.63) is 41.3 Å². The van der Waals surface area contributed by atoms with E-state index in [-0.39, 0.29) is 30.8 Å². The summed E-state index contributed by atoms with van der Waals surface area (Å²) in [5, 5.41) is 1.21. The maximum atomic E-state index is 12.5. The molecule has 0 spiro atoms. The molecule has 3 rings (SSSR count). The number of ether oxygens (including phenoxy) is 1. The lowest BCUT2D eigenvalue weighted by Crippen LogP contribution is -2.41. The van der Waals surface area contributed by atoms with E-state index in [0.717, 1.165) is 18.4 Å². The Bertz CT molecular complexity index is 795. The normalized spacial score (nSPS) is 22.8. The van der Waals surface area contributed by atoms with Gasteiger partial charge in [0.2, 0.25) is 10.0 Å². The molecule has 1 atom stereocenters. The van der Waals surface area contributed by atoms with Gasteiger partial charge in [0.25, 0.3) is 0 Å². The number of carbonyl (C=O) groups excluding carboxylic acids is 2. The van der Waals surface area contributed by atoms with Gasteiger partial charge in [-0.15, -0.1) is 0 Å². The van der Waals surface area contributed by atoms with E-state index >= 15 is 0 Å². The monoisotopic (exact) mass is 391 g/mol. The molecule has 6 nitrogen and oxygen atoms in total. The van der Waals surface area contributed by atoms with Gasteiger partial charge in [0, 0.05) is 24.9 Å². The fourth-order valence-electron chi connectivity index (χ4n) is 3.47. The van der Waals surface area contributed by atoms with Crippen molar-refractivity contribution in [3.8, 4) is 0 Å². The van der Waals surface area contributed by atoms with Gasteiger partial charge in [0.1, 0.15) is 0 Å². The van der Waals surface area contributed by atoms with Gasteiger partial charge >= 0.3 is 5.97 Å². The third-order valence-corrected chi connectivity index (χ3v) is 6.70. The number of sulfonamides is 1. The lowest BCUT2D eigenvalue weighted by Gasteiger charge is -2.30. The van der Waals surface area contributed by atoms with Crippen molar-refractivity contribution in [1.82, 2.24) is 4.31 Å². The highest BCUT2D eigenvalue weighted by Gasteiger charge is 2.33. The molecular weight excluding hydrogens is 366 g/mol. The first-order chi connectivity index (χ1) is 13.0. The second-order valence-corrected chi connectivity index (χ2v) is 8.89. The van der Waals surface area contributed by atoms with Crippen LogP contribution in [0.3, 0.4) is 0 Å². The Kier molecular flexibility index (Phi) is 6.44.